The summed E-state index contributed by atoms with van der Waals surface area (Å²) in [6.07, 6.45) is -1.59. The van der Waals surface area contributed by atoms with Crippen LogP contribution in [0.5, 0.6) is 0 Å². The molecular formula is C23H29F2N5O4S. The number of amides is 2. The molecule has 1 saturated heterocycles. The maximum Gasteiger partial charge on any atom is 0.319 e. The molecule has 2 aliphatic rings. The van der Waals surface area contributed by atoms with E-state index in [9.17, 15) is 22.0 Å². The molecule has 1 aromatic heterocycles. The lowest BCUT2D eigenvalue weighted by atomic mass is 10.1. The third-order valence-corrected chi connectivity index (χ3v) is 8.91. The maximum absolute atomic E-state index is 12.9. The number of anilines is 2. The van der Waals surface area contributed by atoms with Crippen LogP contribution in [0.3, 0.4) is 0 Å². The van der Waals surface area contributed by atoms with Gasteiger partial charge in [-0.2, -0.15) is 0 Å². The van der Waals surface area contributed by atoms with E-state index >= 15 is 0 Å². The third-order valence-electron chi connectivity index (χ3n) is 6.34. The summed E-state index contributed by atoms with van der Waals surface area (Å²) in [5, 5.41) is 4.57. The number of hydrogen-bond donors (Lipinski definition) is 2. The Bertz CT molecular complexity index is 1170. The topological polar surface area (TPSA) is 114 Å². The van der Waals surface area contributed by atoms with E-state index in [0.29, 0.717) is 61.2 Å². The molecule has 2 heterocycles. The number of carbonyl (C=O) groups excluding carboxylic acids is 1. The summed E-state index contributed by atoms with van der Waals surface area (Å²) in [4.78, 5) is 23.3. The van der Waals surface area contributed by atoms with Crippen LogP contribution in [0, 0.1) is 0 Å². The molecular weight excluding hydrogens is 480 g/mol. The van der Waals surface area contributed by atoms with E-state index in [2.05, 4.69) is 20.5 Å². The quantitative estimate of drug-likeness (QED) is 0.562. The Kier molecular flexibility index (Phi) is 7.22. The van der Waals surface area contributed by atoms with Crippen molar-refractivity contribution in [1.29, 1.82) is 0 Å². The second-order valence-corrected chi connectivity index (χ2v) is 11.3. The Morgan fingerprint density at radius 1 is 1.26 bits per heavy atom. The average molecular weight is 510 g/mol. The van der Waals surface area contributed by atoms with Gasteiger partial charge in [-0.15, -0.1) is 0 Å². The van der Waals surface area contributed by atoms with Crippen LogP contribution in [0.2, 0.25) is 0 Å². The molecule has 1 aliphatic heterocycles. The number of ether oxygens (including phenoxy) is 1. The van der Waals surface area contributed by atoms with E-state index in [4.69, 9.17) is 9.72 Å². The highest BCUT2D eigenvalue weighted by molar-refractivity contribution is 7.92. The first-order valence-electron chi connectivity index (χ1n) is 11.5. The van der Waals surface area contributed by atoms with Crippen LogP contribution in [-0.2, 0) is 19.3 Å². The Hall–Kier alpha value is -2.86. The van der Waals surface area contributed by atoms with E-state index in [-0.39, 0.29) is 11.8 Å². The van der Waals surface area contributed by atoms with E-state index in [1.165, 1.54) is 0 Å². The highest BCUT2D eigenvalue weighted by atomic mass is 32.2. The number of benzene rings is 1. The van der Waals surface area contributed by atoms with Gasteiger partial charge in [0.1, 0.15) is 10.6 Å². The van der Waals surface area contributed by atoms with Crippen molar-refractivity contribution in [3.63, 3.8) is 0 Å². The van der Waals surface area contributed by atoms with Crippen LogP contribution in [0.1, 0.15) is 32.4 Å². The fourth-order valence-electron chi connectivity index (χ4n) is 4.18. The molecule has 190 valence electrons. The highest BCUT2D eigenvalue weighted by Gasteiger charge is 2.56. The first kappa shape index (κ1) is 25.2. The number of hydrogen-bond acceptors (Lipinski definition) is 7. The predicted octanol–water partition coefficient (Wildman–Crippen LogP) is 3.18. The van der Waals surface area contributed by atoms with E-state index < -0.39 is 33.6 Å². The van der Waals surface area contributed by atoms with Gasteiger partial charge in [0.25, 0.3) is 6.43 Å². The Balaban J connectivity index is 1.66. The minimum Gasteiger partial charge on any atom is -0.377 e. The van der Waals surface area contributed by atoms with Gasteiger partial charge in [-0.25, -0.2) is 32.0 Å². The molecule has 2 amide bonds. The van der Waals surface area contributed by atoms with Crippen LogP contribution in [-0.4, -0.2) is 68.9 Å². The maximum atomic E-state index is 12.9. The molecule has 9 nitrogen and oxygen atoms in total. The normalized spacial score (nSPS) is 19.5. The zero-order chi connectivity index (χ0) is 25.2. The smallest absolute Gasteiger partial charge is 0.319 e. The summed E-state index contributed by atoms with van der Waals surface area (Å²) in [7, 11) is -3.37. The molecule has 2 N–H and O–H groups in total. The van der Waals surface area contributed by atoms with Gasteiger partial charge < -0.3 is 20.3 Å². The molecule has 35 heavy (non-hydrogen) atoms. The molecule has 0 bridgehead atoms. The predicted molar refractivity (Wildman–Crippen MR) is 128 cm³/mol. The number of sulfone groups is 1. The van der Waals surface area contributed by atoms with Gasteiger partial charge in [-0.3, -0.25) is 0 Å². The molecule has 1 atom stereocenters. The third kappa shape index (κ3) is 5.37. The lowest BCUT2D eigenvalue weighted by Gasteiger charge is -2.34. The van der Waals surface area contributed by atoms with Crippen LogP contribution in [0.15, 0.2) is 30.3 Å². The van der Waals surface area contributed by atoms with Gasteiger partial charge in [-0.05, 0) is 44.0 Å². The van der Waals surface area contributed by atoms with Gasteiger partial charge in [0.15, 0.2) is 15.7 Å². The summed E-state index contributed by atoms with van der Waals surface area (Å²) in [6.45, 7) is 4.64. The van der Waals surface area contributed by atoms with Crippen molar-refractivity contribution in [2.24, 2.45) is 0 Å². The second kappa shape index (κ2) is 10.0. The summed E-state index contributed by atoms with van der Waals surface area (Å²) < 4.78 is 55.0. The molecule has 0 unspecified atom stereocenters. The van der Waals surface area contributed by atoms with E-state index in [0.717, 1.165) is 0 Å². The second-order valence-electron chi connectivity index (χ2n) is 8.75. The molecule has 2 aromatic rings. The number of rotatable bonds is 8. The molecule has 12 heteroatoms. The lowest BCUT2D eigenvalue weighted by molar-refractivity contribution is 0.0985. The Morgan fingerprint density at radius 3 is 2.57 bits per heavy atom. The molecule has 1 aliphatic carbocycles. The summed E-state index contributed by atoms with van der Waals surface area (Å²) in [5.41, 5.74) is 1.54. The fraction of sp³-hybridized carbons (Fsp3) is 0.522. The largest absolute Gasteiger partial charge is 0.377 e. The van der Waals surface area contributed by atoms with Crippen LogP contribution < -0.4 is 15.5 Å². The monoisotopic (exact) mass is 509 g/mol. The number of nitrogens with zero attached hydrogens (tertiary/aromatic N) is 3. The molecule has 0 spiro atoms. The SMILES string of the molecule is CCS(=O)(=O)C1(c2cc(N3CCOC[C@@H]3C)nc(-c3ccc(NC(=O)NCC(F)F)cc3)n2)CC1. The lowest BCUT2D eigenvalue weighted by Crippen LogP contribution is -2.44. The number of morpholine rings is 1. The van der Waals surface area contributed by atoms with Crippen molar-refractivity contribution in [3.05, 3.63) is 36.0 Å². The highest BCUT2D eigenvalue weighted by Crippen LogP contribution is 2.53. The zero-order valence-electron chi connectivity index (χ0n) is 19.6. The average Bonchev–Trinajstić information content (AvgIpc) is 3.66. The molecule has 4 rings (SSSR count). The van der Waals surface area contributed by atoms with Gasteiger partial charge in [0.05, 0.1) is 31.5 Å². The van der Waals surface area contributed by atoms with Crippen molar-refractivity contribution in [3.8, 4) is 11.4 Å². The van der Waals surface area contributed by atoms with Crippen molar-refractivity contribution in [2.45, 2.75) is 43.9 Å². The van der Waals surface area contributed by atoms with Crippen LogP contribution in [0.25, 0.3) is 11.4 Å². The molecule has 2 fully saturated rings. The summed E-state index contributed by atoms with van der Waals surface area (Å²) in [6, 6.07) is 7.73. The molecule has 1 saturated carbocycles. The first-order chi connectivity index (χ1) is 16.6. The number of halogens is 2. The van der Waals surface area contributed by atoms with Gasteiger partial charge in [-0.1, -0.05) is 6.92 Å². The van der Waals surface area contributed by atoms with Gasteiger partial charge >= 0.3 is 6.03 Å². The minimum atomic E-state index is -3.37. The minimum absolute atomic E-state index is 0.0314. The Labute approximate surface area is 203 Å². The van der Waals surface area contributed by atoms with Gasteiger partial charge in [0, 0.05) is 29.6 Å². The summed E-state index contributed by atoms with van der Waals surface area (Å²) in [5.74, 6) is 1.05. The number of nitrogens with one attached hydrogen (secondary N) is 2. The van der Waals surface area contributed by atoms with Crippen LogP contribution in [0.4, 0.5) is 25.1 Å². The Morgan fingerprint density at radius 2 is 1.97 bits per heavy atom. The first-order valence-corrected chi connectivity index (χ1v) is 13.2. The number of aromatic nitrogens is 2. The van der Waals surface area contributed by atoms with Crippen LogP contribution >= 0.6 is 0 Å². The van der Waals surface area contributed by atoms with Crippen molar-refractivity contribution >= 4 is 27.4 Å². The van der Waals surface area contributed by atoms with Crippen molar-refractivity contribution in [1.82, 2.24) is 15.3 Å². The standard InChI is InChI=1S/C23H29F2N5O4S/c1-3-35(32,33)23(8-9-23)18-12-20(30-10-11-34-14-15(30)2)29-21(28-18)16-4-6-17(7-5-16)27-22(31)26-13-19(24)25/h4-7,12,15,19H,3,8-11,13-14H2,1-2H3,(H2,26,27,31)/t15-/m0/s1. The molecule has 1 aromatic carbocycles. The van der Waals surface area contributed by atoms with Crippen molar-refractivity contribution in [2.75, 3.05) is 42.3 Å². The number of alkyl halides is 2. The fourth-order valence-corrected chi connectivity index (χ4v) is 5.88. The van der Waals surface area contributed by atoms with E-state index in [1.807, 2.05) is 6.92 Å². The van der Waals surface area contributed by atoms with Gasteiger partial charge in [0.2, 0.25) is 0 Å². The number of urea groups is 1. The zero-order valence-corrected chi connectivity index (χ0v) is 20.4. The van der Waals surface area contributed by atoms with E-state index in [1.54, 1.807) is 37.3 Å². The van der Waals surface area contributed by atoms with Crippen molar-refractivity contribution < 1.29 is 26.7 Å². The summed E-state index contributed by atoms with van der Waals surface area (Å²) >= 11 is 0. The number of carbonyl (C=O) groups is 1. The molecule has 0 radical (unpaired) electrons.